The smallest absolute Gasteiger partial charge is 0.274 e. The number of anilines is 1. The van der Waals surface area contributed by atoms with Gasteiger partial charge in [0.1, 0.15) is 0 Å². The molecule has 23 heavy (non-hydrogen) atoms. The molecule has 9 nitrogen and oxygen atoms in total. The van der Waals surface area contributed by atoms with Crippen molar-refractivity contribution in [3.8, 4) is 0 Å². The molecular weight excluding hydrogens is 327 g/mol. The average molecular weight is 333 g/mol. The maximum Gasteiger partial charge on any atom is 0.416 e. The van der Waals surface area contributed by atoms with Crippen molar-refractivity contribution in [2.75, 3.05) is 4.90 Å². The van der Waals surface area contributed by atoms with E-state index in [1.807, 2.05) is 0 Å². The Kier molecular flexibility index (Phi) is 3.76. The Morgan fingerprint density at radius 1 is 0.957 bits per heavy atom. The molecule has 1 saturated heterocycles. The first-order valence-corrected chi connectivity index (χ1v) is 5.94. The summed E-state index contributed by atoms with van der Waals surface area (Å²) in [7, 11) is 0. The highest BCUT2D eigenvalue weighted by molar-refractivity contribution is 6.22. The Bertz CT molecular complexity index is 694. The standard InChI is InChI=1S/C11H6F3N3O6/c12-11(13,14)5-3-6(16(20)21)10(7(4-5)17(22)23)15-8(18)1-2-9(15)19/h3-4H,1-2H2. The molecule has 0 spiro atoms. The van der Waals surface area contributed by atoms with Gasteiger partial charge in [0.2, 0.25) is 17.5 Å². The molecule has 2 rings (SSSR count). The fourth-order valence-corrected chi connectivity index (χ4v) is 2.10. The van der Waals surface area contributed by atoms with E-state index in [0.29, 0.717) is 0 Å². The van der Waals surface area contributed by atoms with Gasteiger partial charge in [-0.1, -0.05) is 0 Å². The lowest BCUT2D eigenvalue weighted by atomic mass is 10.1. The summed E-state index contributed by atoms with van der Waals surface area (Å²) in [6.07, 6.45) is -5.75. The first-order chi connectivity index (χ1) is 10.5. The predicted octanol–water partition coefficient (Wildman–Crippen LogP) is 2.18. The summed E-state index contributed by atoms with van der Waals surface area (Å²) in [4.78, 5) is 42.9. The first kappa shape index (κ1) is 16.3. The number of rotatable bonds is 3. The molecule has 1 aliphatic rings. The third-order valence-electron chi connectivity index (χ3n) is 3.07. The topological polar surface area (TPSA) is 124 Å². The van der Waals surface area contributed by atoms with Crippen molar-refractivity contribution in [3.05, 3.63) is 37.9 Å². The minimum Gasteiger partial charge on any atom is -0.274 e. The van der Waals surface area contributed by atoms with Gasteiger partial charge in [-0.05, 0) is 0 Å². The summed E-state index contributed by atoms with van der Waals surface area (Å²) in [5.41, 5.74) is -5.36. The molecule has 0 aromatic heterocycles. The van der Waals surface area contributed by atoms with Gasteiger partial charge in [-0.2, -0.15) is 13.2 Å². The van der Waals surface area contributed by atoms with E-state index in [0.717, 1.165) is 0 Å². The molecule has 0 atom stereocenters. The van der Waals surface area contributed by atoms with Crippen LogP contribution in [-0.4, -0.2) is 21.7 Å². The van der Waals surface area contributed by atoms with Crippen LogP contribution in [-0.2, 0) is 15.8 Å². The van der Waals surface area contributed by atoms with Crippen molar-refractivity contribution in [2.24, 2.45) is 0 Å². The number of carbonyl (C=O) groups excluding carboxylic acids is 2. The van der Waals surface area contributed by atoms with Crippen LogP contribution in [0.2, 0.25) is 0 Å². The van der Waals surface area contributed by atoms with E-state index in [9.17, 15) is 43.0 Å². The van der Waals surface area contributed by atoms with E-state index in [1.165, 1.54) is 0 Å². The molecule has 1 heterocycles. The van der Waals surface area contributed by atoms with Crippen molar-refractivity contribution in [1.82, 2.24) is 0 Å². The van der Waals surface area contributed by atoms with Crippen LogP contribution in [0.5, 0.6) is 0 Å². The number of halogens is 3. The van der Waals surface area contributed by atoms with Crippen LogP contribution in [0.3, 0.4) is 0 Å². The fraction of sp³-hybridized carbons (Fsp3) is 0.273. The minimum absolute atomic E-state index is 0.0568. The lowest BCUT2D eigenvalue weighted by Crippen LogP contribution is -2.30. The van der Waals surface area contributed by atoms with Crippen molar-refractivity contribution in [2.45, 2.75) is 19.0 Å². The predicted molar refractivity (Wildman–Crippen MR) is 66.5 cm³/mol. The number of hydrogen-bond acceptors (Lipinski definition) is 6. The lowest BCUT2D eigenvalue weighted by molar-refractivity contribution is -0.392. The molecule has 122 valence electrons. The molecule has 0 saturated carbocycles. The maximum atomic E-state index is 12.7. The fourth-order valence-electron chi connectivity index (χ4n) is 2.10. The van der Waals surface area contributed by atoms with Crippen molar-refractivity contribution in [3.63, 3.8) is 0 Å². The Labute approximate surface area is 124 Å². The van der Waals surface area contributed by atoms with E-state index in [-0.39, 0.29) is 29.9 Å². The number of alkyl halides is 3. The summed E-state index contributed by atoms with van der Waals surface area (Å²) in [5, 5.41) is 22.0. The van der Waals surface area contributed by atoms with Crippen molar-refractivity contribution in [1.29, 1.82) is 0 Å². The van der Waals surface area contributed by atoms with Crippen LogP contribution in [0.4, 0.5) is 30.2 Å². The lowest BCUT2D eigenvalue weighted by Gasteiger charge is -2.15. The van der Waals surface area contributed by atoms with Crippen molar-refractivity contribution < 1.29 is 32.6 Å². The van der Waals surface area contributed by atoms with Gasteiger partial charge in [0.15, 0.2) is 0 Å². The zero-order chi connectivity index (χ0) is 17.5. The molecule has 0 unspecified atom stereocenters. The summed E-state index contributed by atoms with van der Waals surface area (Å²) < 4.78 is 38.2. The van der Waals surface area contributed by atoms with Crippen LogP contribution in [0.1, 0.15) is 18.4 Å². The molecule has 1 aromatic carbocycles. The van der Waals surface area contributed by atoms with Gasteiger partial charge >= 0.3 is 17.6 Å². The van der Waals surface area contributed by atoms with Crippen LogP contribution < -0.4 is 4.90 Å². The normalized spacial score (nSPS) is 15.2. The second-order valence-corrected chi connectivity index (χ2v) is 4.50. The van der Waals surface area contributed by atoms with Gasteiger partial charge in [0, 0.05) is 25.0 Å². The summed E-state index contributed by atoms with van der Waals surface area (Å²) in [5.74, 6) is -1.91. The highest BCUT2D eigenvalue weighted by atomic mass is 19.4. The number of imide groups is 1. The van der Waals surface area contributed by atoms with Crippen LogP contribution >= 0.6 is 0 Å². The Balaban J connectivity index is 2.83. The van der Waals surface area contributed by atoms with Crippen LogP contribution in [0.25, 0.3) is 0 Å². The summed E-state index contributed by atoms with van der Waals surface area (Å²) in [6, 6.07) is 0.114. The monoisotopic (exact) mass is 333 g/mol. The van der Waals surface area contributed by atoms with Gasteiger partial charge in [0.25, 0.3) is 0 Å². The van der Waals surface area contributed by atoms with Gasteiger partial charge < -0.3 is 0 Å². The number of nitrogens with zero attached hydrogens (tertiary/aromatic N) is 3. The van der Waals surface area contributed by atoms with E-state index >= 15 is 0 Å². The molecule has 0 N–H and O–H groups in total. The number of hydrogen-bond donors (Lipinski definition) is 0. The number of amides is 2. The molecule has 0 bridgehead atoms. The maximum absolute atomic E-state index is 12.7. The summed E-state index contributed by atoms with van der Waals surface area (Å²) in [6.45, 7) is 0. The van der Waals surface area contributed by atoms with Crippen molar-refractivity contribution >= 4 is 28.9 Å². The molecule has 2 amide bonds. The molecule has 1 aliphatic heterocycles. The molecule has 1 fully saturated rings. The second kappa shape index (κ2) is 5.30. The van der Waals surface area contributed by atoms with E-state index < -0.39 is 50.5 Å². The Hall–Kier alpha value is -3.05. The number of benzene rings is 1. The van der Waals surface area contributed by atoms with Crippen LogP contribution in [0.15, 0.2) is 12.1 Å². The number of nitro groups is 2. The molecular formula is C11H6F3N3O6. The molecule has 1 aromatic rings. The third kappa shape index (κ3) is 2.82. The largest absolute Gasteiger partial charge is 0.416 e. The van der Waals surface area contributed by atoms with E-state index in [2.05, 4.69) is 0 Å². The van der Waals surface area contributed by atoms with Gasteiger partial charge in [-0.15, -0.1) is 0 Å². The molecule has 12 heteroatoms. The number of carbonyl (C=O) groups is 2. The van der Waals surface area contributed by atoms with E-state index in [1.54, 1.807) is 0 Å². The zero-order valence-corrected chi connectivity index (χ0v) is 11.0. The number of nitro benzene ring substituents is 2. The first-order valence-electron chi connectivity index (χ1n) is 5.94. The Morgan fingerprint density at radius 3 is 1.65 bits per heavy atom. The van der Waals surface area contributed by atoms with Gasteiger partial charge in [-0.25, -0.2) is 4.90 Å². The zero-order valence-electron chi connectivity index (χ0n) is 11.0. The third-order valence-corrected chi connectivity index (χ3v) is 3.07. The van der Waals surface area contributed by atoms with E-state index in [4.69, 9.17) is 0 Å². The van der Waals surface area contributed by atoms with Gasteiger partial charge in [-0.3, -0.25) is 29.8 Å². The summed E-state index contributed by atoms with van der Waals surface area (Å²) >= 11 is 0. The molecule has 0 aliphatic carbocycles. The highest BCUT2D eigenvalue weighted by Crippen LogP contribution is 2.44. The average Bonchev–Trinajstić information content (AvgIpc) is 2.75. The quantitative estimate of drug-likeness (QED) is 0.474. The Morgan fingerprint density at radius 2 is 1.35 bits per heavy atom. The van der Waals surface area contributed by atoms with Gasteiger partial charge in [0.05, 0.1) is 15.4 Å². The van der Waals surface area contributed by atoms with Crippen LogP contribution in [0, 0.1) is 20.2 Å². The second-order valence-electron chi connectivity index (χ2n) is 4.50. The molecule has 0 radical (unpaired) electrons. The minimum atomic E-state index is -5.08. The SMILES string of the molecule is O=C1CCC(=O)N1c1c([N+](=O)[O-])cc(C(F)(F)F)cc1[N+](=O)[O-]. The highest BCUT2D eigenvalue weighted by Gasteiger charge is 2.43.